The van der Waals surface area contributed by atoms with Crippen molar-refractivity contribution in [3.05, 3.63) is 115 Å². The monoisotopic (exact) mass is 1840 g/mol. The van der Waals surface area contributed by atoms with Crippen LogP contribution in [0.15, 0.2) is 58.5 Å². The molecule has 0 saturated heterocycles. The first-order chi connectivity index (χ1) is 63.3. The molecule has 5 saturated carbocycles. The number of phenolic OH excluding ortho intramolecular Hbond substituents is 4. The van der Waals surface area contributed by atoms with Gasteiger partial charge >= 0.3 is 0 Å². The average Bonchev–Trinajstić information content (AvgIpc) is 1.55. The highest BCUT2D eigenvalue weighted by Crippen LogP contribution is 2.68. The molecule has 19 nitrogen and oxygen atoms in total. The Morgan fingerprint density at radius 2 is 0.500 bits per heavy atom. The van der Waals surface area contributed by atoms with E-state index in [1.54, 1.807) is 54.8 Å². The van der Waals surface area contributed by atoms with Gasteiger partial charge in [0.05, 0.1) is 42.7 Å². The van der Waals surface area contributed by atoms with Crippen molar-refractivity contribution in [1.82, 2.24) is 0 Å². The summed E-state index contributed by atoms with van der Waals surface area (Å²) in [5.74, 6) is 12.0. The fourth-order valence-electron chi connectivity index (χ4n) is 30.6. The van der Waals surface area contributed by atoms with E-state index < -0.39 is 11.5 Å². The zero-order valence-electron chi connectivity index (χ0n) is 85.1. The summed E-state index contributed by atoms with van der Waals surface area (Å²) >= 11 is 0. The van der Waals surface area contributed by atoms with Gasteiger partial charge in [-0.05, 0) is 242 Å². The number of fused-ring (bicyclic) bond motifs is 25. The van der Waals surface area contributed by atoms with Crippen LogP contribution in [0.4, 0.5) is 0 Å². The van der Waals surface area contributed by atoms with Crippen LogP contribution in [0.2, 0.25) is 0 Å². The lowest BCUT2D eigenvalue weighted by molar-refractivity contribution is 0.0502. The molecule has 15 atom stereocenters. The summed E-state index contributed by atoms with van der Waals surface area (Å²) < 4.78 is 65.1. The number of aldehydes is 4. The van der Waals surface area contributed by atoms with Crippen LogP contribution in [0.25, 0.3) is 54.8 Å². The fourth-order valence-corrected chi connectivity index (χ4v) is 30.6. The van der Waals surface area contributed by atoms with Gasteiger partial charge in [-0.25, -0.2) is 0 Å². The highest BCUT2D eigenvalue weighted by Gasteiger charge is 2.58. The van der Waals surface area contributed by atoms with Gasteiger partial charge in [-0.1, -0.05) is 171 Å². The number of carbonyl (C=O) groups excluding carboxylic acids is 4. The van der Waals surface area contributed by atoms with Gasteiger partial charge in [0, 0.05) is 90.4 Å². The molecule has 726 valence electrons. The molecule has 0 unspecified atom stereocenters. The van der Waals surface area contributed by atoms with E-state index >= 15 is 0 Å². The molecule has 0 bridgehead atoms. The van der Waals surface area contributed by atoms with Crippen molar-refractivity contribution < 1.29 is 90.1 Å². The quantitative estimate of drug-likeness (QED) is 0.0732. The number of phenols is 4. The van der Waals surface area contributed by atoms with Crippen molar-refractivity contribution in [3.8, 4) is 57.5 Å². The molecule has 5 fully saturated rings. The van der Waals surface area contributed by atoms with Crippen molar-refractivity contribution in [1.29, 1.82) is 0 Å². The Labute approximate surface area is 793 Å². The molecule has 5 heterocycles. The second-order valence-corrected chi connectivity index (χ2v) is 47.2. The van der Waals surface area contributed by atoms with Crippen LogP contribution in [0.1, 0.15) is 427 Å². The number of carbonyl (C=O) groups is 4. The van der Waals surface area contributed by atoms with E-state index in [0.29, 0.717) is 133 Å². The van der Waals surface area contributed by atoms with E-state index in [1.165, 1.54) is 111 Å². The van der Waals surface area contributed by atoms with E-state index in [2.05, 4.69) is 145 Å². The molecule has 0 spiro atoms. The molecule has 4 N–H and O–H groups in total. The smallest absolute Gasteiger partial charge is 0.175 e. The van der Waals surface area contributed by atoms with Gasteiger partial charge in [0.15, 0.2) is 82.6 Å². The highest BCUT2D eigenvalue weighted by molar-refractivity contribution is 6.05. The van der Waals surface area contributed by atoms with Crippen molar-refractivity contribution in [2.45, 2.75) is 356 Å². The molecule has 0 aliphatic heterocycles. The predicted molar refractivity (Wildman–Crippen MR) is 529 cm³/mol. The maximum Gasteiger partial charge on any atom is 0.175 e. The van der Waals surface area contributed by atoms with E-state index in [9.17, 15) is 39.6 Å². The first-order valence-corrected chi connectivity index (χ1v) is 50.3. The van der Waals surface area contributed by atoms with E-state index in [-0.39, 0.29) is 72.4 Å². The van der Waals surface area contributed by atoms with Crippen molar-refractivity contribution in [3.63, 3.8) is 0 Å². The lowest BCUT2D eigenvalue weighted by Gasteiger charge is -2.50. The van der Waals surface area contributed by atoms with Crippen molar-refractivity contribution in [2.24, 2.45) is 56.7 Å². The minimum absolute atomic E-state index is 0.0346. The summed E-state index contributed by atoms with van der Waals surface area (Å²) in [6.07, 6.45) is 32.4. The Hall–Kier alpha value is -9.52. The van der Waals surface area contributed by atoms with Gasteiger partial charge < -0.3 is 70.9 Å². The van der Waals surface area contributed by atoms with Crippen LogP contribution in [-0.2, 0) is 27.1 Å². The predicted octanol–water partition coefficient (Wildman–Crippen LogP) is 30.2. The third-order valence-electron chi connectivity index (χ3n) is 37.1. The van der Waals surface area contributed by atoms with Crippen LogP contribution in [0.5, 0.6) is 57.5 Å². The molecule has 5 aromatic heterocycles. The van der Waals surface area contributed by atoms with Crippen LogP contribution in [0, 0.1) is 56.7 Å². The molecule has 134 heavy (non-hydrogen) atoms. The standard InChI is InChI=1S/2C24H32O4.C23H32O3.2C22H28O4/c2*1-14-8-9-18-23(2,3)10-7-11-24(18,4)19-15-12-17(26-5)22(27-6)16(13-25)21(15)28-20(14)19;1-14-8-9-19-22(2,3)10-7-11-23(19,4)20-15-12-17(24-5)18(25-6)13-16(15)26-21(14)20;2*1-12-6-7-16-21(2,3)8-5-9-22(16,4)17-13-10-15(24)18(25)14(11-23)20(13)26-19(12)17/h2*12-14,18H,7-11H2,1-6H3;12-14,19H,7-11H2,1-6H3;2*10-12,16,24-25H,5-9H2,1-4H3/t2*14-,18+,24+;14-,19+,23+;2*12-,16+,22+/m10110/s1. The zero-order chi connectivity index (χ0) is 96.9. The van der Waals surface area contributed by atoms with Crippen LogP contribution in [-0.4, -0.2) is 88.2 Å². The molecule has 0 radical (unpaired) electrons. The SMILES string of the molecule is COc1cc2c3c(oc2c(C=O)c1OC)[C@@H](C)CC[C@@H]1C(C)(C)CCC[C@@]31C.COc1cc2c3c(oc2c(C=O)c1OC)[C@H](C)CC[C@H]1C(C)(C)CCC[C@]31C.COc1cc2oc3c(c2cc1OC)[C@@]1(C)CCCC(C)(C)[C@@H]1CC[C@H]3C.C[C@@H]1CC[C@H]2C(C)(C)CCC[C@]2(C)c2c1oc1c(C=O)c(O)c(O)cc21.C[C@H]1CC[C@@H]2C(C)(C)CCC[C@@]2(C)c2c1oc1c(C=O)c(O)c(O)cc21. The molecule has 19 heteroatoms. The van der Waals surface area contributed by atoms with E-state index in [1.807, 2.05) is 18.2 Å². The molecular weight excluding hydrogens is 1690 g/mol. The summed E-state index contributed by atoms with van der Waals surface area (Å²) in [5.41, 5.74) is 11.9. The number of furan rings is 5. The number of aromatic hydroxyl groups is 4. The number of methoxy groups -OCH3 is 6. The van der Waals surface area contributed by atoms with Gasteiger partial charge in [-0.2, -0.15) is 0 Å². The summed E-state index contributed by atoms with van der Waals surface area (Å²) in [4.78, 5) is 47.2. The lowest BCUT2D eigenvalue weighted by atomic mass is 9.53. The maximum absolute atomic E-state index is 12.0. The number of hydrogen-bond acceptors (Lipinski definition) is 19. The number of hydrogen-bond donors (Lipinski definition) is 4. The van der Waals surface area contributed by atoms with Gasteiger partial charge in [0.25, 0.3) is 0 Å². The third kappa shape index (κ3) is 15.5. The minimum atomic E-state index is -0.394. The Morgan fingerprint density at radius 3 is 0.746 bits per heavy atom. The van der Waals surface area contributed by atoms with Crippen LogP contribution < -0.4 is 28.4 Å². The van der Waals surface area contributed by atoms with Crippen LogP contribution in [0.3, 0.4) is 0 Å². The largest absolute Gasteiger partial charge is 0.504 e. The van der Waals surface area contributed by atoms with E-state index in [4.69, 9.17) is 50.5 Å². The normalized spacial score (nSPS) is 29.8. The molecule has 10 aromatic rings. The van der Waals surface area contributed by atoms with Gasteiger partial charge in [-0.15, -0.1) is 0 Å². The second-order valence-electron chi connectivity index (χ2n) is 47.2. The maximum atomic E-state index is 12.0. The highest BCUT2D eigenvalue weighted by atomic mass is 16.5. The van der Waals surface area contributed by atoms with Crippen molar-refractivity contribution in [2.75, 3.05) is 42.7 Å². The Morgan fingerprint density at radius 1 is 0.276 bits per heavy atom. The molecule has 10 aliphatic rings. The molecule has 0 amide bonds. The second kappa shape index (κ2) is 35.5. The first kappa shape index (κ1) is 97.6. The van der Waals surface area contributed by atoms with Gasteiger partial charge in [0.1, 0.15) is 79.0 Å². The summed E-state index contributed by atoms with van der Waals surface area (Å²) in [5, 5.41) is 45.5. The van der Waals surface area contributed by atoms with Gasteiger partial charge in [0.2, 0.25) is 0 Å². The van der Waals surface area contributed by atoms with Gasteiger partial charge in [-0.3, -0.25) is 19.2 Å². The Bertz CT molecular complexity index is 5880. The third-order valence-corrected chi connectivity index (χ3v) is 37.1. The summed E-state index contributed by atoms with van der Waals surface area (Å²) in [6.45, 7) is 47.3. The molecule has 10 aliphatic carbocycles. The summed E-state index contributed by atoms with van der Waals surface area (Å²) in [6, 6.07) is 11.3. The van der Waals surface area contributed by atoms with E-state index in [0.717, 1.165) is 162 Å². The topological polar surface area (TPSA) is 270 Å². The minimum Gasteiger partial charge on any atom is -0.504 e. The zero-order valence-corrected chi connectivity index (χ0v) is 85.1. The Balaban J connectivity index is 0.000000122. The first-order valence-electron chi connectivity index (χ1n) is 50.3. The molecule has 5 aromatic carbocycles. The number of benzene rings is 5. The summed E-state index contributed by atoms with van der Waals surface area (Å²) in [7, 11) is 9.75. The fraction of sp³-hybridized carbons (Fsp3) is 0.617. The number of rotatable bonds is 10. The number of ether oxygens (including phenoxy) is 6. The lowest BCUT2D eigenvalue weighted by Crippen LogP contribution is -2.44. The van der Waals surface area contributed by atoms with Crippen molar-refractivity contribution >= 4 is 80.0 Å². The Kier molecular flexibility index (Phi) is 25.8. The molecule has 20 rings (SSSR count). The average molecular weight is 1840 g/mol. The van der Waals surface area contributed by atoms with Crippen LogP contribution >= 0.6 is 0 Å². The molecular formula is C115H152O19.